The number of hydrogen-bond acceptors (Lipinski definition) is 8. The summed E-state index contributed by atoms with van der Waals surface area (Å²) in [6.07, 6.45) is 2.21. The summed E-state index contributed by atoms with van der Waals surface area (Å²) in [4.78, 5) is 42.9. The number of rotatable bonds is 10. The zero-order valence-electron chi connectivity index (χ0n) is 20.7. The Bertz CT molecular complexity index is 499. The molecule has 2 atom stereocenters. The van der Waals surface area contributed by atoms with Gasteiger partial charge in [0.25, 0.3) is 0 Å². The van der Waals surface area contributed by atoms with Crippen LogP contribution in [-0.4, -0.2) is 36.7 Å². The summed E-state index contributed by atoms with van der Waals surface area (Å²) in [7, 11) is 0. The molecule has 9 heteroatoms. The van der Waals surface area contributed by atoms with Crippen LogP contribution in [0.1, 0.15) is 82.1 Å². The summed E-state index contributed by atoms with van der Waals surface area (Å²) in [5, 5.41) is 20.5. The molecule has 2 unspecified atom stereocenters. The molecule has 0 amide bonds. The normalized spacial score (nSPS) is 12.7. The Morgan fingerprint density at radius 3 is 1.10 bits per heavy atom. The van der Waals surface area contributed by atoms with Gasteiger partial charge in [-0.3, -0.25) is 9.59 Å². The van der Waals surface area contributed by atoms with Gasteiger partial charge in [0.2, 0.25) is 0 Å². The average Bonchev–Trinajstić information content (AvgIpc) is 2.64. The standard InChI is InChI=1S/2C8H14O3.2C3H7O.Zr/c2*1-5(7(10)11)6(9)8(2,3)4;2*1-2-3-4;/h2*5H,1-4H3,(H,10,11);2*2-3H2,1H3;/q;;2*-1;+4/p-2. The number of carboxylic acids is 2. The van der Waals surface area contributed by atoms with Gasteiger partial charge in [0.05, 0.1) is 23.8 Å². The van der Waals surface area contributed by atoms with Gasteiger partial charge in [-0.05, 0) is 0 Å². The summed E-state index contributed by atoms with van der Waals surface area (Å²) in [6.45, 7) is 18.8. The predicted molar refractivity (Wildman–Crippen MR) is 110 cm³/mol. The van der Waals surface area contributed by atoms with Gasteiger partial charge >= 0.3 is 69.6 Å². The molecular formula is C22H40O8Zr. The zero-order chi connectivity index (χ0) is 25.4. The molecule has 0 fully saturated rings. The Kier molecular flexibility index (Phi) is 19.7. The molecule has 0 aromatic rings. The van der Waals surface area contributed by atoms with Crippen LogP contribution >= 0.6 is 0 Å². The van der Waals surface area contributed by atoms with Crippen LogP contribution in [0.5, 0.6) is 0 Å². The van der Waals surface area contributed by atoms with Crippen molar-refractivity contribution in [2.75, 3.05) is 13.2 Å². The molecule has 180 valence electrons. The molecule has 0 aliphatic rings. The van der Waals surface area contributed by atoms with Crippen molar-refractivity contribution in [1.82, 2.24) is 0 Å². The molecule has 0 rings (SSSR count). The summed E-state index contributed by atoms with van der Waals surface area (Å²) >= 11 is -0.851. The number of carboxylic acid groups (broad SMARTS) is 2. The first-order chi connectivity index (χ1) is 13.9. The maximum absolute atomic E-state index is 11.2. The van der Waals surface area contributed by atoms with E-state index in [1.54, 1.807) is 41.5 Å². The second kappa shape index (κ2) is 17.6. The first-order valence-corrected chi connectivity index (χ1v) is 12.4. The van der Waals surface area contributed by atoms with Gasteiger partial charge in [-0.2, -0.15) is 0 Å². The fourth-order valence-corrected chi connectivity index (χ4v) is 3.46. The van der Waals surface area contributed by atoms with Crippen LogP contribution in [0.2, 0.25) is 0 Å². The van der Waals surface area contributed by atoms with Crippen LogP contribution in [0.4, 0.5) is 0 Å². The van der Waals surface area contributed by atoms with E-state index in [2.05, 4.69) is 13.8 Å². The van der Waals surface area contributed by atoms with E-state index in [-0.39, 0.29) is 11.6 Å². The molecule has 8 nitrogen and oxygen atoms in total. The number of carbonyl (C=O) groups is 4. The van der Waals surface area contributed by atoms with E-state index in [9.17, 15) is 29.4 Å². The topological polar surface area (TPSA) is 133 Å². The molecule has 0 saturated carbocycles. The van der Waals surface area contributed by atoms with Crippen molar-refractivity contribution in [3.8, 4) is 0 Å². The Balaban J connectivity index is -0.000000382. The quantitative estimate of drug-likeness (QED) is 0.312. The van der Waals surface area contributed by atoms with E-state index in [0.29, 0.717) is 0 Å². The molecular weight excluding hydrogens is 483 g/mol. The molecule has 0 radical (unpaired) electrons. The van der Waals surface area contributed by atoms with Crippen molar-refractivity contribution in [2.24, 2.45) is 22.7 Å². The monoisotopic (exact) mass is 522 g/mol. The van der Waals surface area contributed by atoms with Gasteiger partial charge in [0.15, 0.2) is 0 Å². The summed E-state index contributed by atoms with van der Waals surface area (Å²) in [5.74, 6) is -5.20. The van der Waals surface area contributed by atoms with Crippen LogP contribution in [0, 0.1) is 22.7 Å². The number of aliphatic carboxylic acids is 2. The summed E-state index contributed by atoms with van der Waals surface area (Å²) < 4.78 is 10.5. The SMILES string of the molecule is CC(C(=O)[O-])C(=O)C(C)(C)C.CC(C(=O)[O-])C(=O)C(C)(C)C.CCC[O][Zr+2][O]CCC. The van der Waals surface area contributed by atoms with E-state index in [0.717, 1.165) is 26.1 Å². The minimum absolute atomic E-state index is 0.294. The number of hydrogen-bond donors (Lipinski definition) is 0. The van der Waals surface area contributed by atoms with Gasteiger partial charge in [-0.1, -0.05) is 55.4 Å². The van der Waals surface area contributed by atoms with Crippen molar-refractivity contribution in [3.05, 3.63) is 0 Å². The molecule has 0 saturated heterocycles. The van der Waals surface area contributed by atoms with E-state index < -0.39 is 58.7 Å². The van der Waals surface area contributed by atoms with Gasteiger partial charge in [0.1, 0.15) is 11.6 Å². The third-order valence-corrected chi connectivity index (χ3v) is 5.29. The molecule has 0 aromatic carbocycles. The second-order valence-electron chi connectivity index (χ2n) is 9.09. The van der Waals surface area contributed by atoms with Gasteiger partial charge in [-0.15, -0.1) is 0 Å². The van der Waals surface area contributed by atoms with E-state index in [1.165, 1.54) is 13.8 Å². The maximum atomic E-state index is 11.2. The third kappa shape index (κ3) is 19.5. The van der Waals surface area contributed by atoms with Gasteiger partial charge < -0.3 is 19.8 Å². The number of ketones is 2. The van der Waals surface area contributed by atoms with Crippen molar-refractivity contribution >= 4 is 23.5 Å². The summed E-state index contributed by atoms with van der Waals surface area (Å²) in [6, 6.07) is 0. The zero-order valence-corrected chi connectivity index (χ0v) is 23.2. The molecule has 0 heterocycles. The Morgan fingerprint density at radius 2 is 0.968 bits per heavy atom. The van der Waals surface area contributed by atoms with E-state index in [4.69, 9.17) is 5.63 Å². The fourth-order valence-electron chi connectivity index (χ4n) is 1.84. The first-order valence-electron chi connectivity index (χ1n) is 10.4. The minimum atomic E-state index is -1.30. The van der Waals surface area contributed by atoms with Gasteiger partial charge in [0, 0.05) is 10.8 Å². The van der Waals surface area contributed by atoms with Crippen LogP contribution in [0.25, 0.3) is 0 Å². The van der Waals surface area contributed by atoms with E-state index in [1.807, 2.05) is 0 Å². The predicted octanol–water partition coefficient (Wildman–Crippen LogP) is 1.73. The van der Waals surface area contributed by atoms with Crippen LogP contribution in [0.15, 0.2) is 0 Å². The van der Waals surface area contributed by atoms with Crippen molar-refractivity contribution in [2.45, 2.75) is 82.1 Å². The number of carbonyl (C=O) groups excluding carboxylic acids is 4. The number of Topliss-reactive ketones (excluding diaryl/α,β-unsaturated/α-hetero) is 2. The Morgan fingerprint density at radius 1 is 0.710 bits per heavy atom. The Hall–Kier alpha value is -0.917. The van der Waals surface area contributed by atoms with Gasteiger partial charge in [-0.25, -0.2) is 0 Å². The van der Waals surface area contributed by atoms with Crippen LogP contribution in [-0.2, 0) is 48.9 Å². The first kappa shape index (κ1) is 34.7. The molecule has 31 heavy (non-hydrogen) atoms. The molecule has 0 aliphatic heterocycles. The Labute approximate surface area is 200 Å². The molecule has 0 N–H and O–H groups in total. The fraction of sp³-hybridized carbons (Fsp3) is 0.818. The van der Waals surface area contributed by atoms with E-state index >= 15 is 0 Å². The average molecular weight is 524 g/mol. The molecule has 0 aliphatic carbocycles. The van der Waals surface area contributed by atoms with Crippen molar-refractivity contribution in [1.29, 1.82) is 0 Å². The van der Waals surface area contributed by atoms with Crippen LogP contribution < -0.4 is 10.2 Å². The molecule has 0 spiro atoms. The van der Waals surface area contributed by atoms with Crippen molar-refractivity contribution < 1.29 is 59.1 Å². The molecule has 0 bridgehead atoms. The third-order valence-electron chi connectivity index (χ3n) is 3.70. The summed E-state index contributed by atoms with van der Waals surface area (Å²) in [5.41, 5.74) is -1.20. The molecule has 0 aromatic heterocycles. The van der Waals surface area contributed by atoms with Crippen LogP contribution in [0.3, 0.4) is 0 Å². The van der Waals surface area contributed by atoms with Crippen molar-refractivity contribution in [3.63, 3.8) is 0 Å². The second-order valence-corrected chi connectivity index (χ2v) is 10.9.